The molecule has 0 radical (unpaired) electrons. The summed E-state index contributed by atoms with van der Waals surface area (Å²) in [7, 11) is 1.40. The third-order valence-electron chi connectivity index (χ3n) is 3.43. The van der Waals surface area contributed by atoms with Gasteiger partial charge in [-0.1, -0.05) is 24.3 Å². The lowest BCUT2D eigenvalue weighted by atomic mass is 9.88. The van der Waals surface area contributed by atoms with Crippen molar-refractivity contribution in [2.45, 2.75) is 18.9 Å². The van der Waals surface area contributed by atoms with Crippen LogP contribution in [0.25, 0.3) is 0 Å². The van der Waals surface area contributed by atoms with Gasteiger partial charge in [0, 0.05) is 6.42 Å². The summed E-state index contributed by atoms with van der Waals surface area (Å²) in [6.07, 6.45) is 0.113. The Morgan fingerprint density at radius 3 is 2.48 bits per heavy atom. The smallest absolute Gasteiger partial charge is 0.168 e. The molecule has 4 heteroatoms. The van der Waals surface area contributed by atoms with Crippen molar-refractivity contribution < 1.29 is 14.2 Å². The van der Waals surface area contributed by atoms with Gasteiger partial charge in [0.2, 0.25) is 0 Å². The lowest BCUT2D eigenvalue weighted by Gasteiger charge is -2.24. The fourth-order valence-corrected chi connectivity index (χ4v) is 2.23. The standard InChI is InChI=1S/C17H16FNO2/c1-17(20,14-8-6-12(11-19)7-9-14)10-13-4-3-5-15(21-2)16(13)18/h3-9,20H,10H2,1-2H3. The maximum atomic E-state index is 14.2. The van der Waals surface area contributed by atoms with Crippen molar-refractivity contribution in [3.63, 3.8) is 0 Å². The fourth-order valence-electron chi connectivity index (χ4n) is 2.23. The van der Waals surface area contributed by atoms with Crippen LogP contribution in [0.1, 0.15) is 23.6 Å². The van der Waals surface area contributed by atoms with Crippen LogP contribution in [0.5, 0.6) is 5.75 Å². The molecule has 2 aromatic carbocycles. The van der Waals surface area contributed by atoms with Gasteiger partial charge in [-0.25, -0.2) is 4.39 Å². The minimum atomic E-state index is -1.23. The van der Waals surface area contributed by atoms with Crippen molar-refractivity contribution in [3.8, 4) is 11.8 Å². The average Bonchev–Trinajstić information content (AvgIpc) is 2.49. The third kappa shape index (κ3) is 3.21. The molecule has 0 aliphatic heterocycles. The van der Waals surface area contributed by atoms with Gasteiger partial charge in [0.25, 0.3) is 0 Å². The van der Waals surface area contributed by atoms with Crippen molar-refractivity contribution in [2.75, 3.05) is 7.11 Å². The molecule has 0 spiro atoms. The number of ether oxygens (including phenoxy) is 1. The van der Waals surface area contributed by atoms with Crippen LogP contribution in [0.4, 0.5) is 4.39 Å². The Labute approximate surface area is 123 Å². The van der Waals surface area contributed by atoms with Gasteiger partial charge < -0.3 is 9.84 Å². The van der Waals surface area contributed by atoms with E-state index in [4.69, 9.17) is 10.00 Å². The minimum absolute atomic E-state index is 0.113. The molecule has 0 saturated heterocycles. The monoisotopic (exact) mass is 285 g/mol. The van der Waals surface area contributed by atoms with E-state index in [2.05, 4.69) is 0 Å². The van der Waals surface area contributed by atoms with Crippen molar-refractivity contribution in [1.82, 2.24) is 0 Å². The Hall–Kier alpha value is -2.38. The quantitative estimate of drug-likeness (QED) is 0.938. The molecule has 0 bridgehead atoms. The summed E-state index contributed by atoms with van der Waals surface area (Å²) in [6, 6.07) is 13.5. The number of hydrogen-bond acceptors (Lipinski definition) is 3. The number of aliphatic hydroxyl groups is 1. The molecular weight excluding hydrogens is 269 g/mol. The highest BCUT2D eigenvalue weighted by molar-refractivity contribution is 5.36. The van der Waals surface area contributed by atoms with Crippen LogP contribution < -0.4 is 4.74 Å². The predicted molar refractivity (Wildman–Crippen MR) is 77.4 cm³/mol. The van der Waals surface area contributed by atoms with Gasteiger partial charge in [-0.05, 0) is 36.2 Å². The van der Waals surface area contributed by atoms with Gasteiger partial charge in [-0.3, -0.25) is 0 Å². The molecule has 1 unspecified atom stereocenters. The summed E-state index contributed by atoms with van der Waals surface area (Å²) in [4.78, 5) is 0. The Kier molecular flexibility index (Phi) is 4.25. The minimum Gasteiger partial charge on any atom is -0.494 e. The van der Waals surface area contributed by atoms with E-state index in [1.54, 1.807) is 43.3 Å². The van der Waals surface area contributed by atoms with Gasteiger partial charge in [0.05, 0.1) is 24.3 Å². The van der Waals surface area contributed by atoms with Gasteiger partial charge in [0.1, 0.15) is 0 Å². The summed E-state index contributed by atoms with van der Waals surface area (Å²) in [6.45, 7) is 1.62. The predicted octanol–water partition coefficient (Wildman–Crippen LogP) is 3.16. The molecule has 0 amide bonds. The van der Waals surface area contributed by atoms with Gasteiger partial charge in [-0.2, -0.15) is 5.26 Å². The largest absolute Gasteiger partial charge is 0.494 e. The first-order valence-corrected chi connectivity index (χ1v) is 6.52. The number of nitrogens with zero attached hydrogens (tertiary/aromatic N) is 1. The molecule has 0 saturated carbocycles. The maximum Gasteiger partial charge on any atom is 0.168 e. The van der Waals surface area contributed by atoms with E-state index in [9.17, 15) is 9.50 Å². The van der Waals surface area contributed by atoms with Crippen molar-refractivity contribution in [2.24, 2.45) is 0 Å². The fraction of sp³-hybridized carbons (Fsp3) is 0.235. The van der Waals surface area contributed by atoms with Crippen LogP contribution in [0.2, 0.25) is 0 Å². The third-order valence-corrected chi connectivity index (χ3v) is 3.43. The first-order valence-electron chi connectivity index (χ1n) is 6.52. The second-order valence-electron chi connectivity index (χ2n) is 5.07. The van der Waals surface area contributed by atoms with Crippen LogP contribution in [-0.4, -0.2) is 12.2 Å². The van der Waals surface area contributed by atoms with E-state index in [0.29, 0.717) is 16.7 Å². The number of hydrogen-bond donors (Lipinski definition) is 1. The molecule has 108 valence electrons. The summed E-state index contributed by atoms with van der Waals surface area (Å²) >= 11 is 0. The zero-order valence-corrected chi connectivity index (χ0v) is 11.9. The first-order chi connectivity index (χ1) is 9.97. The van der Waals surface area contributed by atoms with Crippen molar-refractivity contribution in [3.05, 3.63) is 65.0 Å². The van der Waals surface area contributed by atoms with Crippen LogP contribution in [0.15, 0.2) is 42.5 Å². The second-order valence-corrected chi connectivity index (χ2v) is 5.07. The molecule has 0 aromatic heterocycles. The normalized spacial score (nSPS) is 13.3. The zero-order valence-electron chi connectivity index (χ0n) is 11.9. The Morgan fingerprint density at radius 1 is 1.24 bits per heavy atom. The van der Waals surface area contributed by atoms with E-state index >= 15 is 0 Å². The SMILES string of the molecule is COc1cccc(CC(C)(O)c2ccc(C#N)cc2)c1F. The number of nitriles is 1. The number of methoxy groups -OCH3 is 1. The molecule has 1 atom stereocenters. The molecule has 2 aromatic rings. The van der Waals surface area contributed by atoms with E-state index in [0.717, 1.165) is 0 Å². The molecule has 0 aliphatic carbocycles. The zero-order chi connectivity index (χ0) is 15.5. The molecular formula is C17H16FNO2. The summed E-state index contributed by atoms with van der Waals surface area (Å²) in [5.74, 6) is -0.308. The van der Waals surface area contributed by atoms with E-state index < -0.39 is 11.4 Å². The van der Waals surface area contributed by atoms with E-state index in [1.807, 2.05) is 6.07 Å². The average molecular weight is 285 g/mol. The summed E-state index contributed by atoms with van der Waals surface area (Å²) < 4.78 is 19.1. The van der Waals surface area contributed by atoms with E-state index in [1.165, 1.54) is 13.2 Å². The second kappa shape index (κ2) is 5.94. The van der Waals surface area contributed by atoms with Gasteiger partial charge in [-0.15, -0.1) is 0 Å². The van der Waals surface area contributed by atoms with Crippen molar-refractivity contribution >= 4 is 0 Å². The lowest BCUT2D eigenvalue weighted by Crippen LogP contribution is -2.24. The Morgan fingerprint density at radius 2 is 1.90 bits per heavy atom. The molecule has 21 heavy (non-hydrogen) atoms. The highest BCUT2D eigenvalue weighted by Gasteiger charge is 2.25. The van der Waals surface area contributed by atoms with Crippen LogP contribution in [-0.2, 0) is 12.0 Å². The number of rotatable bonds is 4. The van der Waals surface area contributed by atoms with Gasteiger partial charge >= 0.3 is 0 Å². The molecule has 1 N–H and O–H groups in total. The molecule has 0 fully saturated rings. The summed E-state index contributed by atoms with van der Waals surface area (Å²) in [5, 5.41) is 19.4. The van der Waals surface area contributed by atoms with Crippen LogP contribution >= 0.6 is 0 Å². The van der Waals surface area contributed by atoms with Crippen LogP contribution in [0, 0.1) is 17.1 Å². The van der Waals surface area contributed by atoms with Gasteiger partial charge in [0.15, 0.2) is 11.6 Å². The topological polar surface area (TPSA) is 53.2 Å². The van der Waals surface area contributed by atoms with Crippen molar-refractivity contribution in [1.29, 1.82) is 5.26 Å². The lowest BCUT2D eigenvalue weighted by molar-refractivity contribution is 0.0566. The molecule has 3 nitrogen and oxygen atoms in total. The first kappa shape index (κ1) is 15.0. The Balaban J connectivity index is 2.30. The Bertz CT molecular complexity index is 672. The highest BCUT2D eigenvalue weighted by atomic mass is 19.1. The molecule has 0 heterocycles. The van der Waals surface area contributed by atoms with Crippen LogP contribution in [0.3, 0.4) is 0 Å². The van der Waals surface area contributed by atoms with E-state index in [-0.39, 0.29) is 12.2 Å². The highest BCUT2D eigenvalue weighted by Crippen LogP contribution is 2.29. The number of benzene rings is 2. The number of halogens is 1. The summed E-state index contributed by atoms with van der Waals surface area (Å²) in [5.41, 5.74) is 0.288. The molecule has 0 aliphatic rings. The molecule has 2 rings (SSSR count). The maximum absolute atomic E-state index is 14.2.